The smallest absolute Gasteiger partial charge is 0.320 e. The minimum atomic E-state index is -4.29. The second kappa shape index (κ2) is 5.00. The number of nitrogens with zero attached hydrogens (tertiary/aromatic N) is 1. The van der Waals surface area contributed by atoms with Gasteiger partial charge >= 0.3 is 7.60 Å². The Morgan fingerprint density at radius 3 is 2.22 bits per heavy atom. The van der Waals surface area contributed by atoms with Gasteiger partial charge in [-0.2, -0.15) is 0 Å². The van der Waals surface area contributed by atoms with Gasteiger partial charge < -0.3 is 15.5 Å². The molecule has 0 saturated carbocycles. The van der Waals surface area contributed by atoms with Crippen molar-refractivity contribution in [1.82, 2.24) is 4.98 Å². The highest BCUT2D eigenvalue weighted by Gasteiger charge is 2.19. The van der Waals surface area contributed by atoms with Crippen molar-refractivity contribution in [3.05, 3.63) is 59.8 Å². The standard InChI is InChI=1S/C12H13N2O3P/c13-12(9-4-2-1-3-5-9)10-6-7-11(14-8-10)18(15,16)17/h1-8,12H,13H2,(H2,15,16,17). The Hall–Kier alpha value is -1.52. The second-order valence-corrected chi connectivity index (χ2v) is 5.43. The Labute approximate surface area is 104 Å². The predicted molar refractivity (Wildman–Crippen MR) is 68.4 cm³/mol. The molecule has 1 atom stereocenters. The van der Waals surface area contributed by atoms with Crippen LogP contribution in [0.15, 0.2) is 48.7 Å². The van der Waals surface area contributed by atoms with Gasteiger partial charge in [0.25, 0.3) is 0 Å². The normalized spacial score (nSPS) is 13.3. The molecule has 1 unspecified atom stereocenters. The maximum Gasteiger partial charge on any atom is 0.374 e. The maximum absolute atomic E-state index is 11.0. The fourth-order valence-corrected chi connectivity index (χ4v) is 2.08. The molecule has 0 aliphatic rings. The molecular formula is C12H13N2O3P. The summed E-state index contributed by atoms with van der Waals surface area (Å²) in [4.78, 5) is 21.7. The van der Waals surface area contributed by atoms with Crippen LogP contribution in [0.2, 0.25) is 0 Å². The Kier molecular flexibility index (Phi) is 3.59. The summed E-state index contributed by atoms with van der Waals surface area (Å²) in [5.41, 5.74) is 7.42. The molecule has 6 heteroatoms. The fourth-order valence-electron chi connectivity index (χ4n) is 1.61. The molecule has 1 aromatic carbocycles. The Morgan fingerprint density at radius 1 is 1.06 bits per heavy atom. The average Bonchev–Trinajstić information content (AvgIpc) is 2.38. The van der Waals surface area contributed by atoms with Crippen LogP contribution in [0.4, 0.5) is 0 Å². The zero-order valence-electron chi connectivity index (χ0n) is 9.47. The molecule has 5 nitrogen and oxygen atoms in total. The van der Waals surface area contributed by atoms with Crippen molar-refractivity contribution in [2.24, 2.45) is 5.73 Å². The summed E-state index contributed by atoms with van der Waals surface area (Å²) in [6, 6.07) is 12.0. The molecule has 0 radical (unpaired) electrons. The third-order valence-electron chi connectivity index (χ3n) is 2.59. The highest BCUT2D eigenvalue weighted by atomic mass is 31.2. The van der Waals surface area contributed by atoms with E-state index in [4.69, 9.17) is 15.5 Å². The van der Waals surface area contributed by atoms with Crippen LogP contribution in [0.1, 0.15) is 17.2 Å². The first-order valence-corrected chi connectivity index (χ1v) is 6.92. The van der Waals surface area contributed by atoms with Gasteiger partial charge in [-0.3, -0.25) is 4.57 Å². The maximum atomic E-state index is 11.0. The van der Waals surface area contributed by atoms with Crippen LogP contribution in [0.3, 0.4) is 0 Å². The van der Waals surface area contributed by atoms with Gasteiger partial charge in [0, 0.05) is 6.20 Å². The number of rotatable bonds is 3. The van der Waals surface area contributed by atoms with E-state index >= 15 is 0 Å². The summed E-state index contributed by atoms with van der Waals surface area (Å²) >= 11 is 0. The van der Waals surface area contributed by atoms with Gasteiger partial charge in [-0.25, -0.2) is 4.98 Å². The summed E-state index contributed by atoms with van der Waals surface area (Å²) < 4.78 is 11.0. The van der Waals surface area contributed by atoms with Gasteiger partial charge in [-0.1, -0.05) is 36.4 Å². The van der Waals surface area contributed by atoms with E-state index in [9.17, 15) is 4.57 Å². The number of hydrogen-bond acceptors (Lipinski definition) is 3. The van der Waals surface area contributed by atoms with Crippen LogP contribution in [-0.4, -0.2) is 14.8 Å². The third kappa shape index (κ3) is 2.83. The molecule has 0 amide bonds. The lowest BCUT2D eigenvalue weighted by atomic mass is 10.0. The molecule has 0 saturated heterocycles. The van der Waals surface area contributed by atoms with Gasteiger partial charge in [0.15, 0.2) is 5.44 Å². The van der Waals surface area contributed by atoms with E-state index in [1.54, 1.807) is 6.07 Å². The molecule has 1 heterocycles. The molecule has 0 bridgehead atoms. The highest BCUT2D eigenvalue weighted by molar-refractivity contribution is 7.60. The highest BCUT2D eigenvalue weighted by Crippen LogP contribution is 2.32. The molecule has 0 aliphatic carbocycles. The monoisotopic (exact) mass is 264 g/mol. The van der Waals surface area contributed by atoms with E-state index < -0.39 is 7.60 Å². The molecule has 0 aliphatic heterocycles. The molecule has 4 N–H and O–H groups in total. The van der Waals surface area contributed by atoms with Gasteiger partial charge in [0.2, 0.25) is 0 Å². The van der Waals surface area contributed by atoms with Crippen LogP contribution in [0, 0.1) is 0 Å². The Morgan fingerprint density at radius 2 is 1.72 bits per heavy atom. The molecule has 2 aromatic rings. The summed E-state index contributed by atoms with van der Waals surface area (Å²) in [5.74, 6) is 0. The minimum absolute atomic E-state index is 0.244. The average molecular weight is 264 g/mol. The van der Waals surface area contributed by atoms with Crippen molar-refractivity contribution in [2.45, 2.75) is 6.04 Å². The SMILES string of the molecule is NC(c1ccccc1)c1ccc(P(=O)(O)O)nc1. The number of nitrogens with two attached hydrogens (primary N) is 1. The lowest BCUT2D eigenvalue weighted by Gasteiger charge is -2.12. The first kappa shape index (κ1) is 12.9. The lowest BCUT2D eigenvalue weighted by Crippen LogP contribution is -2.15. The van der Waals surface area contributed by atoms with Crippen molar-refractivity contribution in [3.8, 4) is 0 Å². The molecule has 94 valence electrons. The van der Waals surface area contributed by atoms with Crippen LogP contribution in [-0.2, 0) is 4.57 Å². The summed E-state index contributed by atoms with van der Waals surface area (Å²) in [6.45, 7) is 0. The number of pyridine rings is 1. The lowest BCUT2D eigenvalue weighted by molar-refractivity contribution is 0.386. The second-order valence-electron chi connectivity index (χ2n) is 3.88. The van der Waals surface area contributed by atoms with E-state index in [1.165, 1.54) is 12.3 Å². The number of benzene rings is 1. The number of hydrogen-bond donors (Lipinski definition) is 3. The van der Waals surface area contributed by atoms with Gasteiger partial charge in [-0.05, 0) is 17.2 Å². The topological polar surface area (TPSA) is 96.4 Å². The third-order valence-corrected chi connectivity index (χ3v) is 3.45. The summed E-state index contributed by atoms with van der Waals surface area (Å²) in [7, 11) is -4.29. The van der Waals surface area contributed by atoms with Crippen molar-refractivity contribution < 1.29 is 14.4 Å². The van der Waals surface area contributed by atoms with Crippen molar-refractivity contribution >= 4 is 13.0 Å². The largest absolute Gasteiger partial charge is 0.374 e. The first-order chi connectivity index (χ1) is 8.48. The van der Waals surface area contributed by atoms with Crippen molar-refractivity contribution in [1.29, 1.82) is 0 Å². The van der Waals surface area contributed by atoms with E-state index in [1.807, 2.05) is 30.3 Å². The Balaban J connectivity index is 2.28. The first-order valence-electron chi connectivity index (χ1n) is 5.31. The van der Waals surface area contributed by atoms with E-state index in [0.717, 1.165) is 5.56 Å². The molecule has 0 fully saturated rings. The molecule has 0 spiro atoms. The van der Waals surface area contributed by atoms with E-state index in [0.29, 0.717) is 5.56 Å². The molecular weight excluding hydrogens is 251 g/mol. The number of aromatic nitrogens is 1. The molecule has 1 aromatic heterocycles. The molecule has 18 heavy (non-hydrogen) atoms. The molecule has 2 rings (SSSR count). The summed E-state index contributed by atoms with van der Waals surface area (Å²) in [6.07, 6.45) is 1.39. The van der Waals surface area contributed by atoms with Crippen LogP contribution in [0.5, 0.6) is 0 Å². The van der Waals surface area contributed by atoms with Gasteiger partial charge in [0.05, 0.1) is 6.04 Å². The van der Waals surface area contributed by atoms with Gasteiger partial charge in [0.1, 0.15) is 0 Å². The quantitative estimate of drug-likeness (QED) is 0.717. The van der Waals surface area contributed by atoms with Crippen LogP contribution < -0.4 is 11.2 Å². The predicted octanol–water partition coefficient (Wildman–Crippen LogP) is 0.933. The van der Waals surface area contributed by atoms with E-state index in [2.05, 4.69) is 4.98 Å². The zero-order chi connectivity index (χ0) is 13.2. The van der Waals surface area contributed by atoms with Gasteiger partial charge in [-0.15, -0.1) is 0 Å². The van der Waals surface area contributed by atoms with E-state index in [-0.39, 0.29) is 11.5 Å². The summed E-state index contributed by atoms with van der Waals surface area (Å²) in [5, 5.41) is 0. The minimum Gasteiger partial charge on any atom is -0.320 e. The zero-order valence-corrected chi connectivity index (χ0v) is 10.4. The fraction of sp³-hybridized carbons (Fsp3) is 0.0833. The van der Waals surface area contributed by atoms with Crippen LogP contribution in [0.25, 0.3) is 0 Å². The van der Waals surface area contributed by atoms with Crippen molar-refractivity contribution in [3.63, 3.8) is 0 Å². The van der Waals surface area contributed by atoms with Crippen molar-refractivity contribution in [2.75, 3.05) is 0 Å². The van der Waals surface area contributed by atoms with Crippen LogP contribution >= 0.6 is 7.60 Å². The Bertz CT molecular complexity index is 566.